The van der Waals surface area contributed by atoms with Crippen molar-refractivity contribution in [3.63, 3.8) is 0 Å². The Kier molecular flexibility index (Phi) is 4.61. The van der Waals surface area contributed by atoms with Gasteiger partial charge in [0, 0.05) is 0 Å². The first kappa shape index (κ1) is 16.0. The Labute approximate surface area is 118 Å². The molecule has 2 nitrogen and oxygen atoms in total. The highest BCUT2D eigenvalue weighted by molar-refractivity contribution is 6.78. The van der Waals surface area contributed by atoms with E-state index in [-0.39, 0.29) is 16.5 Å². The molecule has 1 aromatic rings. The lowest BCUT2D eigenvalue weighted by Gasteiger charge is -2.39. The van der Waals surface area contributed by atoms with Crippen LogP contribution in [0, 0.1) is 0 Å². The molecule has 0 saturated carbocycles. The molecule has 1 radical (unpaired) electrons. The molecule has 0 aromatic heterocycles. The van der Waals surface area contributed by atoms with Crippen LogP contribution in [0.25, 0.3) is 0 Å². The quantitative estimate of drug-likeness (QED) is 0.857. The molecule has 0 aliphatic heterocycles. The Morgan fingerprint density at radius 3 is 1.74 bits per heavy atom. The fourth-order valence-corrected chi connectivity index (χ4v) is 7.44. The molecule has 0 bridgehead atoms. The molecular formula is C16H25O2Si. The van der Waals surface area contributed by atoms with Gasteiger partial charge in [-0.15, -0.1) is 0 Å². The predicted octanol–water partition coefficient (Wildman–Crippen LogP) is 3.62. The molecule has 105 valence electrons. The van der Waals surface area contributed by atoms with Crippen molar-refractivity contribution in [2.45, 2.75) is 58.0 Å². The van der Waals surface area contributed by atoms with Crippen molar-refractivity contribution in [3.8, 4) is 0 Å². The van der Waals surface area contributed by atoms with Gasteiger partial charge < -0.3 is 5.11 Å². The van der Waals surface area contributed by atoms with Gasteiger partial charge >= 0.3 is 5.97 Å². The van der Waals surface area contributed by atoms with E-state index in [0.717, 1.165) is 5.56 Å². The summed E-state index contributed by atoms with van der Waals surface area (Å²) in [4.78, 5) is 10.7. The molecule has 0 amide bonds. The summed E-state index contributed by atoms with van der Waals surface area (Å²) in [7, 11) is -0.745. The highest BCUT2D eigenvalue weighted by atomic mass is 28.3. The van der Waals surface area contributed by atoms with Gasteiger partial charge in [-0.2, -0.15) is 0 Å². The number of rotatable bonds is 3. The summed E-state index contributed by atoms with van der Waals surface area (Å²) in [6.07, 6.45) is 0.105. The van der Waals surface area contributed by atoms with Crippen molar-refractivity contribution >= 4 is 20.0 Å². The van der Waals surface area contributed by atoms with Crippen LogP contribution in [0.2, 0.25) is 10.1 Å². The molecule has 1 N–H and O–H groups in total. The lowest BCUT2D eigenvalue weighted by molar-refractivity contribution is -0.136. The average Bonchev–Trinajstić information content (AvgIpc) is 2.15. The van der Waals surface area contributed by atoms with Gasteiger partial charge in [-0.05, 0) is 15.6 Å². The lowest BCUT2D eigenvalue weighted by Crippen LogP contribution is -2.45. The minimum absolute atomic E-state index is 0.105. The summed E-state index contributed by atoms with van der Waals surface area (Å²) in [5, 5.41) is 10.7. The van der Waals surface area contributed by atoms with Crippen molar-refractivity contribution in [3.05, 3.63) is 29.8 Å². The van der Waals surface area contributed by atoms with E-state index in [1.165, 1.54) is 5.19 Å². The molecule has 1 rings (SSSR count). The van der Waals surface area contributed by atoms with Crippen LogP contribution in [0.4, 0.5) is 0 Å². The maximum atomic E-state index is 10.7. The van der Waals surface area contributed by atoms with Crippen LogP contribution >= 0.6 is 0 Å². The molecule has 0 atom stereocenters. The zero-order chi connectivity index (χ0) is 14.8. The number of hydrogen-bond donors (Lipinski definition) is 1. The van der Waals surface area contributed by atoms with Gasteiger partial charge in [-0.25, -0.2) is 0 Å². The Morgan fingerprint density at radius 1 is 1.00 bits per heavy atom. The monoisotopic (exact) mass is 277 g/mol. The number of hydrogen-bond acceptors (Lipinski definition) is 1. The van der Waals surface area contributed by atoms with Crippen LogP contribution in [-0.4, -0.2) is 19.9 Å². The van der Waals surface area contributed by atoms with Crippen molar-refractivity contribution in [1.29, 1.82) is 0 Å². The molecule has 0 spiro atoms. The smallest absolute Gasteiger partial charge is 0.307 e. The van der Waals surface area contributed by atoms with E-state index < -0.39 is 14.8 Å². The number of aliphatic carboxylic acids is 1. The average molecular weight is 277 g/mol. The largest absolute Gasteiger partial charge is 0.481 e. The van der Waals surface area contributed by atoms with Crippen molar-refractivity contribution < 1.29 is 9.90 Å². The minimum atomic E-state index is -0.773. The zero-order valence-electron chi connectivity index (χ0n) is 12.9. The van der Waals surface area contributed by atoms with Crippen LogP contribution < -0.4 is 5.19 Å². The van der Waals surface area contributed by atoms with Gasteiger partial charge in [0.2, 0.25) is 0 Å². The van der Waals surface area contributed by atoms with E-state index >= 15 is 0 Å². The molecule has 0 aliphatic rings. The van der Waals surface area contributed by atoms with Crippen LogP contribution in [0.1, 0.15) is 47.1 Å². The van der Waals surface area contributed by atoms with Gasteiger partial charge in [-0.3, -0.25) is 4.79 Å². The van der Waals surface area contributed by atoms with Crippen LogP contribution in [0.3, 0.4) is 0 Å². The Bertz CT molecular complexity index is 421. The van der Waals surface area contributed by atoms with Crippen LogP contribution in [0.5, 0.6) is 0 Å². The SMILES string of the molecule is CC(C)(C)[Si](c1ccc(CC(=O)O)cc1)C(C)(C)C. The maximum Gasteiger partial charge on any atom is 0.307 e. The topological polar surface area (TPSA) is 37.3 Å². The Morgan fingerprint density at radius 2 is 1.42 bits per heavy atom. The molecule has 0 unspecified atom stereocenters. The molecule has 1 aromatic carbocycles. The second-order valence-electron chi connectivity index (χ2n) is 7.14. The van der Waals surface area contributed by atoms with Gasteiger partial charge in [0.25, 0.3) is 0 Å². The number of carboxylic acids is 1. The normalized spacial score (nSPS) is 12.8. The summed E-state index contributed by atoms with van der Waals surface area (Å²) in [6.45, 7) is 13.8. The summed E-state index contributed by atoms with van der Waals surface area (Å²) in [6, 6.07) is 8.18. The van der Waals surface area contributed by atoms with Gasteiger partial charge in [0.05, 0.1) is 15.2 Å². The van der Waals surface area contributed by atoms with E-state index in [4.69, 9.17) is 5.11 Å². The molecule has 0 aliphatic carbocycles. The first-order chi connectivity index (χ1) is 8.51. The maximum absolute atomic E-state index is 10.7. The van der Waals surface area contributed by atoms with Crippen LogP contribution in [-0.2, 0) is 11.2 Å². The first-order valence-electron chi connectivity index (χ1n) is 6.71. The van der Waals surface area contributed by atoms with E-state index in [0.29, 0.717) is 0 Å². The number of benzene rings is 1. The van der Waals surface area contributed by atoms with E-state index in [1.54, 1.807) is 0 Å². The molecule has 0 saturated heterocycles. The van der Waals surface area contributed by atoms with Crippen molar-refractivity contribution in [2.24, 2.45) is 0 Å². The highest BCUT2D eigenvalue weighted by Gasteiger charge is 2.37. The molecule has 0 fully saturated rings. The fourth-order valence-electron chi connectivity index (χ4n) is 2.95. The molecule has 3 heteroatoms. The fraction of sp³-hybridized carbons (Fsp3) is 0.562. The van der Waals surface area contributed by atoms with E-state index in [2.05, 4.69) is 53.7 Å². The molecule has 19 heavy (non-hydrogen) atoms. The zero-order valence-corrected chi connectivity index (χ0v) is 13.9. The summed E-state index contributed by atoms with van der Waals surface area (Å²) < 4.78 is 0. The predicted molar refractivity (Wildman–Crippen MR) is 82.6 cm³/mol. The summed E-state index contributed by atoms with van der Waals surface area (Å²) in [5.74, 6) is -0.773. The van der Waals surface area contributed by atoms with E-state index in [9.17, 15) is 4.79 Å². The van der Waals surface area contributed by atoms with E-state index in [1.807, 2.05) is 12.1 Å². The second-order valence-corrected chi connectivity index (χ2v) is 11.5. The number of carbonyl (C=O) groups is 1. The summed E-state index contributed by atoms with van der Waals surface area (Å²) in [5.41, 5.74) is 0.875. The highest BCUT2D eigenvalue weighted by Crippen LogP contribution is 2.41. The number of carboxylic acid groups (broad SMARTS) is 1. The Hall–Kier alpha value is -1.09. The van der Waals surface area contributed by atoms with Crippen LogP contribution in [0.15, 0.2) is 24.3 Å². The lowest BCUT2D eigenvalue weighted by atomic mass is 10.1. The van der Waals surface area contributed by atoms with Gasteiger partial charge in [0.1, 0.15) is 0 Å². The van der Waals surface area contributed by atoms with Crippen molar-refractivity contribution in [2.75, 3.05) is 0 Å². The van der Waals surface area contributed by atoms with Gasteiger partial charge in [-0.1, -0.05) is 71.0 Å². The van der Waals surface area contributed by atoms with Crippen molar-refractivity contribution in [1.82, 2.24) is 0 Å². The van der Waals surface area contributed by atoms with Gasteiger partial charge in [0.15, 0.2) is 0 Å². The third-order valence-electron chi connectivity index (χ3n) is 3.10. The summed E-state index contributed by atoms with van der Waals surface area (Å²) >= 11 is 0. The molecular weight excluding hydrogens is 252 g/mol. The third-order valence-corrected chi connectivity index (χ3v) is 7.01. The second kappa shape index (κ2) is 5.49. The first-order valence-corrected chi connectivity index (χ1v) is 8.21. The molecule has 0 heterocycles. The standard InChI is InChI=1S/C16H25O2Si/c1-15(2,3)19(16(4,5)6)13-9-7-12(8-10-13)11-14(17)18/h7-10H,11H2,1-6H3,(H,17,18). The Balaban J connectivity index is 3.09. The minimum Gasteiger partial charge on any atom is -0.481 e. The third kappa shape index (κ3) is 4.50.